The van der Waals surface area contributed by atoms with E-state index in [1.165, 1.54) is 11.1 Å². The number of nitrogens with one attached hydrogen (secondary N) is 1. The third-order valence-electron chi connectivity index (χ3n) is 2.41. The number of allylic oxidation sites excluding steroid dienone is 1. The molecule has 0 fully saturated rings. The van der Waals surface area contributed by atoms with Gasteiger partial charge in [-0.05, 0) is 46.4 Å². The van der Waals surface area contributed by atoms with E-state index in [1.54, 1.807) is 0 Å². The maximum atomic E-state index is 4.48. The van der Waals surface area contributed by atoms with E-state index < -0.39 is 0 Å². The average Bonchev–Trinajstić information content (AvgIpc) is 2.14. The van der Waals surface area contributed by atoms with E-state index in [1.807, 2.05) is 14.0 Å². The molecule has 1 aromatic rings. The van der Waals surface area contributed by atoms with Crippen LogP contribution in [-0.2, 0) is 0 Å². The van der Waals surface area contributed by atoms with Crippen LogP contribution in [0.1, 0.15) is 36.8 Å². The standard InChI is InChI=1S/C13H20N2/c1-9(2)8-13(14-5)12-7-6-10(3)15-11(12)4/h6-8,13-14H,1-5H3. The second-order valence-electron chi connectivity index (χ2n) is 4.14. The molecule has 0 aliphatic carbocycles. The summed E-state index contributed by atoms with van der Waals surface area (Å²) in [5, 5.41) is 3.29. The van der Waals surface area contributed by atoms with Crippen molar-refractivity contribution in [2.45, 2.75) is 33.7 Å². The molecule has 0 radical (unpaired) electrons. The molecule has 82 valence electrons. The number of aromatic nitrogens is 1. The fraction of sp³-hybridized carbons (Fsp3) is 0.462. The minimum atomic E-state index is 0.267. The maximum absolute atomic E-state index is 4.48. The first-order chi connectivity index (χ1) is 7.04. The van der Waals surface area contributed by atoms with Gasteiger partial charge in [0.05, 0.1) is 6.04 Å². The van der Waals surface area contributed by atoms with Gasteiger partial charge in [-0.2, -0.15) is 0 Å². The van der Waals surface area contributed by atoms with Crippen LogP contribution in [0.5, 0.6) is 0 Å². The second-order valence-corrected chi connectivity index (χ2v) is 4.14. The molecular formula is C13H20N2. The molecule has 0 spiro atoms. The molecule has 1 atom stereocenters. The minimum Gasteiger partial charge on any atom is -0.310 e. The lowest BCUT2D eigenvalue weighted by atomic mass is 10.0. The van der Waals surface area contributed by atoms with Gasteiger partial charge in [-0.25, -0.2) is 0 Å². The van der Waals surface area contributed by atoms with Crippen LogP contribution in [0.2, 0.25) is 0 Å². The van der Waals surface area contributed by atoms with Crippen LogP contribution >= 0.6 is 0 Å². The summed E-state index contributed by atoms with van der Waals surface area (Å²) in [4.78, 5) is 4.48. The van der Waals surface area contributed by atoms with E-state index in [9.17, 15) is 0 Å². The highest BCUT2D eigenvalue weighted by molar-refractivity contribution is 5.29. The molecular weight excluding hydrogens is 184 g/mol. The predicted octanol–water partition coefficient (Wildman–Crippen LogP) is 2.93. The first kappa shape index (κ1) is 11.9. The van der Waals surface area contributed by atoms with E-state index in [0.717, 1.165) is 11.4 Å². The van der Waals surface area contributed by atoms with Crippen LogP contribution in [0.4, 0.5) is 0 Å². The van der Waals surface area contributed by atoms with Crippen LogP contribution in [0.3, 0.4) is 0 Å². The van der Waals surface area contributed by atoms with Crippen LogP contribution in [0.15, 0.2) is 23.8 Å². The van der Waals surface area contributed by atoms with Crippen molar-refractivity contribution < 1.29 is 0 Å². The second kappa shape index (κ2) is 5.08. The number of hydrogen-bond donors (Lipinski definition) is 1. The summed E-state index contributed by atoms with van der Waals surface area (Å²) in [5.74, 6) is 0. The van der Waals surface area contributed by atoms with Gasteiger partial charge < -0.3 is 5.32 Å². The molecule has 1 heterocycles. The van der Waals surface area contributed by atoms with Gasteiger partial charge in [0.2, 0.25) is 0 Å². The number of pyridine rings is 1. The SMILES string of the molecule is CNC(C=C(C)C)c1ccc(C)nc1C. The minimum absolute atomic E-state index is 0.267. The highest BCUT2D eigenvalue weighted by Gasteiger charge is 2.09. The third-order valence-corrected chi connectivity index (χ3v) is 2.41. The summed E-state index contributed by atoms with van der Waals surface area (Å²) in [5.41, 5.74) is 4.74. The van der Waals surface area contributed by atoms with Gasteiger partial charge in [0, 0.05) is 11.4 Å². The molecule has 0 aliphatic heterocycles. The molecule has 0 aromatic carbocycles. The van der Waals surface area contributed by atoms with Crippen molar-refractivity contribution in [1.82, 2.24) is 10.3 Å². The van der Waals surface area contributed by atoms with Crippen LogP contribution in [0, 0.1) is 13.8 Å². The Bertz CT molecular complexity index is 363. The van der Waals surface area contributed by atoms with Gasteiger partial charge in [-0.1, -0.05) is 17.7 Å². The Morgan fingerprint density at radius 3 is 2.47 bits per heavy atom. The topological polar surface area (TPSA) is 24.9 Å². The molecule has 0 aliphatic rings. The van der Waals surface area contributed by atoms with Gasteiger partial charge in [0.1, 0.15) is 0 Å². The molecule has 0 saturated heterocycles. The highest BCUT2D eigenvalue weighted by Crippen LogP contribution is 2.18. The lowest BCUT2D eigenvalue weighted by molar-refractivity contribution is 0.699. The van der Waals surface area contributed by atoms with E-state index in [-0.39, 0.29) is 6.04 Å². The van der Waals surface area contributed by atoms with Crippen molar-refractivity contribution >= 4 is 0 Å². The fourth-order valence-electron chi connectivity index (χ4n) is 1.69. The zero-order chi connectivity index (χ0) is 11.4. The fourth-order valence-corrected chi connectivity index (χ4v) is 1.69. The number of likely N-dealkylation sites (N-methyl/N-ethyl adjacent to an activating group) is 1. The first-order valence-corrected chi connectivity index (χ1v) is 5.31. The van der Waals surface area contributed by atoms with Crippen LogP contribution < -0.4 is 5.32 Å². The van der Waals surface area contributed by atoms with E-state index in [0.29, 0.717) is 0 Å². The van der Waals surface area contributed by atoms with Gasteiger partial charge in [0.25, 0.3) is 0 Å². The Balaban J connectivity index is 3.07. The molecule has 1 aromatic heterocycles. The number of aryl methyl sites for hydroxylation is 2. The molecule has 1 N–H and O–H groups in total. The smallest absolute Gasteiger partial charge is 0.0524 e. The molecule has 15 heavy (non-hydrogen) atoms. The lowest BCUT2D eigenvalue weighted by Crippen LogP contribution is -2.16. The van der Waals surface area contributed by atoms with Crippen molar-refractivity contribution in [3.63, 3.8) is 0 Å². The highest BCUT2D eigenvalue weighted by atomic mass is 14.9. The normalized spacial score (nSPS) is 12.3. The van der Waals surface area contributed by atoms with Gasteiger partial charge in [-0.15, -0.1) is 0 Å². The molecule has 0 saturated carbocycles. The Hall–Kier alpha value is -1.15. The Labute approximate surface area is 92.4 Å². The zero-order valence-electron chi connectivity index (χ0n) is 10.3. The molecule has 0 bridgehead atoms. The molecule has 0 amide bonds. The van der Waals surface area contributed by atoms with Crippen molar-refractivity contribution in [3.05, 3.63) is 40.7 Å². The van der Waals surface area contributed by atoms with Crippen molar-refractivity contribution in [1.29, 1.82) is 0 Å². The van der Waals surface area contributed by atoms with Gasteiger partial charge >= 0.3 is 0 Å². The molecule has 1 rings (SSSR count). The maximum Gasteiger partial charge on any atom is 0.0524 e. The van der Waals surface area contributed by atoms with Crippen molar-refractivity contribution in [2.24, 2.45) is 0 Å². The Morgan fingerprint density at radius 1 is 1.33 bits per heavy atom. The summed E-state index contributed by atoms with van der Waals surface area (Å²) >= 11 is 0. The summed E-state index contributed by atoms with van der Waals surface area (Å²) < 4.78 is 0. The monoisotopic (exact) mass is 204 g/mol. The quantitative estimate of drug-likeness (QED) is 0.766. The zero-order valence-corrected chi connectivity index (χ0v) is 10.3. The van der Waals surface area contributed by atoms with E-state index in [4.69, 9.17) is 0 Å². The summed E-state index contributed by atoms with van der Waals surface area (Å²) in [6, 6.07) is 4.48. The van der Waals surface area contributed by atoms with Gasteiger partial charge in [0.15, 0.2) is 0 Å². The Morgan fingerprint density at radius 2 is 2.00 bits per heavy atom. The summed E-state index contributed by atoms with van der Waals surface area (Å²) in [6.45, 7) is 8.31. The molecule has 2 nitrogen and oxygen atoms in total. The summed E-state index contributed by atoms with van der Waals surface area (Å²) in [7, 11) is 1.98. The average molecular weight is 204 g/mol. The molecule has 2 heteroatoms. The van der Waals surface area contributed by atoms with E-state index >= 15 is 0 Å². The lowest BCUT2D eigenvalue weighted by Gasteiger charge is -2.15. The van der Waals surface area contributed by atoms with E-state index in [2.05, 4.69) is 49.3 Å². The third kappa shape index (κ3) is 3.17. The Kier molecular flexibility index (Phi) is 4.04. The van der Waals surface area contributed by atoms with Crippen molar-refractivity contribution in [3.8, 4) is 0 Å². The predicted molar refractivity (Wildman–Crippen MR) is 64.9 cm³/mol. The van der Waals surface area contributed by atoms with Crippen LogP contribution in [-0.4, -0.2) is 12.0 Å². The largest absolute Gasteiger partial charge is 0.310 e. The summed E-state index contributed by atoms with van der Waals surface area (Å²) in [6.07, 6.45) is 2.22. The van der Waals surface area contributed by atoms with Gasteiger partial charge in [-0.3, -0.25) is 4.98 Å². The number of nitrogens with zero attached hydrogens (tertiary/aromatic N) is 1. The molecule has 1 unspecified atom stereocenters. The first-order valence-electron chi connectivity index (χ1n) is 5.31. The number of hydrogen-bond acceptors (Lipinski definition) is 2. The number of rotatable bonds is 3. The van der Waals surface area contributed by atoms with Crippen molar-refractivity contribution in [2.75, 3.05) is 7.05 Å². The van der Waals surface area contributed by atoms with Crippen LogP contribution in [0.25, 0.3) is 0 Å².